The summed E-state index contributed by atoms with van der Waals surface area (Å²) >= 11 is 6.32. The summed E-state index contributed by atoms with van der Waals surface area (Å²) in [6.45, 7) is 6.29. The summed E-state index contributed by atoms with van der Waals surface area (Å²) in [5.74, 6) is -0.740. The first-order valence-corrected chi connectivity index (χ1v) is 31.2. The Balaban J connectivity index is 1.22. The van der Waals surface area contributed by atoms with Crippen molar-refractivity contribution in [3.8, 4) is 23.0 Å². The van der Waals surface area contributed by atoms with Crippen molar-refractivity contribution < 1.29 is 75.6 Å². The Morgan fingerprint density at radius 3 is 1.06 bits per heavy atom. The molecule has 6 aromatic carbocycles. The maximum Gasteiger partial charge on any atom is 0.323 e. The van der Waals surface area contributed by atoms with Crippen LogP contribution in [0.4, 0.5) is 61.7 Å². The highest BCUT2D eigenvalue weighted by molar-refractivity contribution is 9.10. The lowest BCUT2D eigenvalue weighted by molar-refractivity contribution is 0.262. The number of nitrogens with one attached hydrogen (secondary N) is 2. The van der Waals surface area contributed by atoms with Crippen LogP contribution in [-0.4, -0.2) is 96.9 Å². The molecule has 0 saturated carbocycles. The fraction of sp³-hybridized carbons (Fsp3) is 0.245. The van der Waals surface area contributed by atoms with E-state index in [1.165, 1.54) is 74.9 Å². The number of nitrogens with zero attached hydrogens (tertiary/aromatic N) is 8. The molecule has 82 heavy (non-hydrogen) atoms. The van der Waals surface area contributed by atoms with Gasteiger partial charge in [0.25, 0.3) is 40.5 Å². The number of halogens is 2. The van der Waals surface area contributed by atoms with Crippen molar-refractivity contribution in [1.82, 2.24) is 0 Å². The van der Waals surface area contributed by atoms with Gasteiger partial charge in [0.05, 0.1) is 73.1 Å². The molecule has 6 N–H and O–H groups in total. The number of carbonyl (C=O) groups excluding carboxylic acids is 1. The van der Waals surface area contributed by atoms with E-state index in [0.29, 0.717) is 31.2 Å². The Kier molecular flexibility index (Phi) is 21.3. The molecule has 0 aromatic heterocycles. The molecule has 0 bridgehead atoms. The average Bonchev–Trinajstić information content (AvgIpc) is 3.45. The van der Waals surface area contributed by atoms with Crippen molar-refractivity contribution in [3.63, 3.8) is 0 Å². The second kappa shape index (κ2) is 27.2. The predicted molar refractivity (Wildman–Crippen MR) is 308 cm³/mol. The van der Waals surface area contributed by atoms with Gasteiger partial charge in [-0.25, -0.2) is 4.79 Å². The molecular weight excluding hydrogens is 1290 g/mol. The number of anilines is 2. The maximum absolute atomic E-state index is 13.6. The van der Waals surface area contributed by atoms with Crippen LogP contribution >= 0.6 is 31.9 Å². The number of methoxy groups -OCH3 is 2. The van der Waals surface area contributed by atoms with Gasteiger partial charge in [-0.1, -0.05) is 31.9 Å². The standard InChI is InChI=1S/C49H50Br2N10O17S4/c1-27-17-39(43(75-5)23-35(27)58-60-41-19-29(3)37(25-45(41)77-13-7-15-79(63,64)65)56-54-33-11-9-31(50)21-47(33)81(69,70)71)52-49(62)53-40-18-28(2)36(24-44(40)76-6)59-61-42-20-30(4)38(26-46(42)78-14-8-16-80(66,67)68)57-55-34-12-10-32(51)22-48(34)82(72,73)74/h9-12,17-26H,7-8,13-16H2,1-6H3,(H2,52,53,62)(H,63,64,65)(H,66,67,68)(H,69,70,71)(H,72,73,74). The molecule has 436 valence electrons. The lowest BCUT2D eigenvalue weighted by Gasteiger charge is -2.16. The van der Waals surface area contributed by atoms with Crippen LogP contribution in [0.5, 0.6) is 23.0 Å². The monoisotopic (exact) mass is 1340 g/mol. The highest BCUT2D eigenvalue weighted by Gasteiger charge is 2.21. The minimum absolute atomic E-state index is 0.0562. The van der Waals surface area contributed by atoms with Gasteiger partial charge in [0.15, 0.2) is 0 Å². The van der Waals surface area contributed by atoms with Gasteiger partial charge < -0.3 is 29.6 Å². The van der Waals surface area contributed by atoms with Crippen molar-refractivity contribution in [2.45, 2.75) is 50.3 Å². The molecule has 2 amide bonds. The van der Waals surface area contributed by atoms with Crippen molar-refractivity contribution >= 4 is 135 Å². The lowest BCUT2D eigenvalue weighted by Crippen LogP contribution is -2.20. The second-order valence-electron chi connectivity index (χ2n) is 17.4. The highest BCUT2D eigenvalue weighted by atomic mass is 79.9. The molecule has 33 heteroatoms. The van der Waals surface area contributed by atoms with Crippen LogP contribution < -0.4 is 29.6 Å². The third kappa shape index (κ3) is 18.4. The predicted octanol–water partition coefficient (Wildman–Crippen LogP) is 13.6. The summed E-state index contributed by atoms with van der Waals surface area (Å²) in [6, 6.07) is 19.3. The summed E-state index contributed by atoms with van der Waals surface area (Å²) in [7, 11) is -15.2. The Bertz CT molecular complexity index is 3780. The van der Waals surface area contributed by atoms with Crippen LogP contribution in [0.2, 0.25) is 0 Å². The summed E-state index contributed by atoms with van der Waals surface area (Å²) in [5.41, 5.74) is 3.32. The first-order chi connectivity index (χ1) is 38.4. The molecule has 0 atom stereocenters. The van der Waals surface area contributed by atoms with E-state index >= 15 is 0 Å². The van der Waals surface area contributed by atoms with Crippen molar-refractivity contribution in [2.75, 3.05) is 49.6 Å². The molecule has 0 unspecified atom stereocenters. The number of aryl methyl sites for hydroxylation is 4. The fourth-order valence-electron chi connectivity index (χ4n) is 7.14. The molecule has 0 radical (unpaired) electrons. The number of hydrogen-bond acceptors (Lipinski definition) is 21. The summed E-state index contributed by atoms with van der Waals surface area (Å²) < 4.78 is 155. The van der Waals surface area contributed by atoms with Gasteiger partial charge in [0.1, 0.15) is 55.5 Å². The van der Waals surface area contributed by atoms with Gasteiger partial charge in [-0.15, -0.1) is 20.5 Å². The van der Waals surface area contributed by atoms with Crippen molar-refractivity contribution in [2.24, 2.45) is 40.9 Å². The molecule has 0 aliphatic carbocycles. The SMILES string of the molecule is COc1cc(N=Nc2cc(C)c(N=Nc3ccc(Br)cc3S(=O)(=O)O)cc2OCCCS(=O)(=O)O)c(C)cc1NC(=O)Nc1cc(C)c(N=Nc2cc(C)c(N=Nc3ccc(Br)cc3S(=O)(=O)O)cc2OCCCS(=O)(=O)O)cc1OC. The quantitative estimate of drug-likeness (QED) is 0.0186. The minimum atomic E-state index is -4.69. The van der Waals surface area contributed by atoms with E-state index in [9.17, 15) is 56.7 Å². The number of carbonyl (C=O) groups is 1. The summed E-state index contributed by atoms with van der Waals surface area (Å²) in [6.07, 6.45) is -0.217. The molecule has 0 heterocycles. The number of rotatable bonds is 24. The highest BCUT2D eigenvalue weighted by Crippen LogP contribution is 2.42. The summed E-state index contributed by atoms with van der Waals surface area (Å²) in [5, 5.41) is 39.5. The first kappa shape index (κ1) is 64.0. The number of amides is 2. The molecule has 0 saturated heterocycles. The van der Waals surface area contributed by atoms with Gasteiger partial charge in [0.2, 0.25) is 0 Å². The molecule has 6 aromatic rings. The van der Waals surface area contributed by atoms with E-state index in [2.05, 4.69) is 83.4 Å². The van der Waals surface area contributed by atoms with E-state index in [1.54, 1.807) is 39.8 Å². The zero-order valence-electron chi connectivity index (χ0n) is 43.9. The zero-order chi connectivity index (χ0) is 60.3. The van der Waals surface area contributed by atoms with E-state index in [4.69, 9.17) is 18.9 Å². The maximum atomic E-state index is 13.6. The molecule has 0 fully saturated rings. The minimum Gasteiger partial charge on any atom is -0.494 e. The molecule has 0 spiro atoms. The number of ether oxygens (including phenoxy) is 4. The van der Waals surface area contributed by atoms with Gasteiger partial charge in [-0.05, 0) is 123 Å². The second-order valence-corrected chi connectivity index (χ2v) is 25.2. The molecule has 0 aliphatic heterocycles. The van der Waals surface area contributed by atoms with Crippen LogP contribution in [0, 0.1) is 27.7 Å². The van der Waals surface area contributed by atoms with Crippen molar-refractivity contribution in [3.05, 3.63) is 116 Å². The Labute approximate surface area is 487 Å². The van der Waals surface area contributed by atoms with E-state index in [0.717, 1.165) is 12.1 Å². The van der Waals surface area contributed by atoms with Gasteiger partial charge in [-0.2, -0.15) is 54.1 Å². The Morgan fingerprint density at radius 2 is 0.744 bits per heavy atom. The molecule has 0 aliphatic rings. The first-order valence-electron chi connectivity index (χ1n) is 23.5. The molecular formula is C49H50Br2N10O17S4. The van der Waals surface area contributed by atoms with Gasteiger partial charge in [0, 0.05) is 33.2 Å². The van der Waals surface area contributed by atoms with Crippen molar-refractivity contribution in [1.29, 1.82) is 0 Å². The zero-order valence-corrected chi connectivity index (χ0v) is 50.3. The normalized spacial score (nSPS) is 12.4. The van der Waals surface area contributed by atoms with E-state index in [-0.39, 0.29) is 106 Å². The topological polar surface area (TPSA) is 394 Å². The smallest absolute Gasteiger partial charge is 0.323 e. The van der Waals surface area contributed by atoms with Gasteiger partial charge in [-0.3, -0.25) is 18.2 Å². The van der Waals surface area contributed by atoms with Crippen LogP contribution in [0.3, 0.4) is 0 Å². The fourth-order valence-corrected chi connectivity index (χ4v) is 10.4. The number of urea groups is 1. The third-order valence-corrected chi connectivity index (χ3v) is 15.5. The van der Waals surface area contributed by atoms with Gasteiger partial charge >= 0.3 is 6.03 Å². The Hall–Kier alpha value is -7.21. The lowest BCUT2D eigenvalue weighted by atomic mass is 10.1. The van der Waals surface area contributed by atoms with E-state index in [1.807, 2.05) is 0 Å². The van der Waals surface area contributed by atoms with Crippen LogP contribution in [0.25, 0.3) is 0 Å². The average molecular weight is 1340 g/mol. The molecule has 6 rings (SSSR count). The summed E-state index contributed by atoms with van der Waals surface area (Å²) in [4.78, 5) is 12.6. The van der Waals surface area contributed by atoms with Crippen LogP contribution in [0.15, 0.2) is 145 Å². The Morgan fingerprint density at radius 1 is 0.439 bits per heavy atom. The number of benzene rings is 6. The largest absolute Gasteiger partial charge is 0.494 e. The van der Waals surface area contributed by atoms with Crippen LogP contribution in [0.1, 0.15) is 35.1 Å². The number of azo groups is 4. The number of hydrogen-bond donors (Lipinski definition) is 6. The van der Waals surface area contributed by atoms with E-state index < -0.39 is 67.8 Å². The third-order valence-electron chi connectivity index (χ3n) is 11.2. The van der Waals surface area contributed by atoms with Crippen LogP contribution in [-0.2, 0) is 40.5 Å². The molecule has 27 nitrogen and oxygen atoms in total.